The molecule has 0 aromatic heterocycles. The van der Waals surface area contributed by atoms with Gasteiger partial charge in [-0.3, -0.25) is 0 Å². The maximum atomic E-state index is 6.09. The fourth-order valence-electron chi connectivity index (χ4n) is 2.93. The summed E-state index contributed by atoms with van der Waals surface area (Å²) in [7, 11) is 0. The van der Waals surface area contributed by atoms with E-state index in [9.17, 15) is 0 Å². The topological polar surface area (TPSA) is 24.5 Å². The molecule has 3 heteroatoms. The third-order valence-corrected chi connectivity index (χ3v) is 3.91. The minimum absolute atomic E-state index is 0.466. The minimum Gasteiger partial charge on any atom is -0.349 e. The van der Waals surface area contributed by atoms with Crippen molar-refractivity contribution >= 4 is 5.70 Å². The third-order valence-electron chi connectivity index (χ3n) is 3.91. The summed E-state index contributed by atoms with van der Waals surface area (Å²) in [6.07, 6.45) is 2.19. The first-order valence-electron chi connectivity index (χ1n) is 6.90. The first-order valence-corrected chi connectivity index (χ1v) is 6.90. The molecular formula is C17H16N2O. The fourth-order valence-corrected chi connectivity index (χ4v) is 2.93. The second-order valence-corrected chi connectivity index (χ2v) is 5.10. The molecule has 1 N–H and O–H groups in total. The Hall–Kier alpha value is -2.10. The molecule has 3 nitrogen and oxygen atoms in total. The Bertz CT molecular complexity index is 639. The highest BCUT2D eigenvalue weighted by Gasteiger charge is 2.47. The van der Waals surface area contributed by atoms with E-state index >= 15 is 0 Å². The third kappa shape index (κ3) is 1.68. The van der Waals surface area contributed by atoms with Gasteiger partial charge in [0.25, 0.3) is 0 Å². The molecule has 0 aliphatic carbocycles. The van der Waals surface area contributed by atoms with Crippen LogP contribution in [0.25, 0.3) is 5.70 Å². The Morgan fingerprint density at radius 1 is 0.950 bits per heavy atom. The molecule has 2 heterocycles. The van der Waals surface area contributed by atoms with Crippen LogP contribution in [0.2, 0.25) is 0 Å². The van der Waals surface area contributed by atoms with Gasteiger partial charge in [-0.05, 0) is 11.6 Å². The lowest BCUT2D eigenvalue weighted by Gasteiger charge is -2.29. The number of nitrogens with one attached hydrogen (secondary N) is 1. The van der Waals surface area contributed by atoms with Gasteiger partial charge in [0.15, 0.2) is 5.72 Å². The van der Waals surface area contributed by atoms with Gasteiger partial charge >= 0.3 is 0 Å². The zero-order valence-electron chi connectivity index (χ0n) is 11.1. The summed E-state index contributed by atoms with van der Waals surface area (Å²) in [6.45, 7) is 1.61. The first-order chi connectivity index (χ1) is 9.88. The Kier molecular flexibility index (Phi) is 2.62. The SMILES string of the molecule is C1=C(c2ccccc2)NN2CCO[C@@]12c1ccccc1. The van der Waals surface area contributed by atoms with E-state index in [-0.39, 0.29) is 0 Å². The Balaban J connectivity index is 1.80. The maximum absolute atomic E-state index is 6.09. The van der Waals surface area contributed by atoms with Crippen LogP contribution < -0.4 is 5.43 Å². The molecule has 2 aromatic carbocycles. The van der Waals surface area contributed by atoms with Crippen LogP contribution in [0.1, 0.15) is 11.1 Å². The average Bonchev–Trinajstić information content (AvgIpc) is 3.07. The standard InChI is InChI=1S/C17H16N2O/c1-3-7-14(8-4-1)16-13-17(15-9-5-2-6-10-15)19(18-16)11-12-20-17/h1-10,13,18H,11-12H2/t17-/m1/s1. The Morgan fingerprint density at radius 2 is 1.65 bits per heavy atom. The zero-order chi connectivity index (χ0) is 13.4. The van der Waals surface area contributed by atoms with Crippen LogP contribution in [-0.2, 0) is 10.5 Å². The maximum Gasteiger partial charge on any atom is 0.185 e. The quantitative estimate of drug-likeness (QED) is 0.902. The molecule has 2 aromatic rings. The Labute approximate surface area is 118 Å². The molecule has 0 radical (unpaired) electrons. The summed E-state index contributed by atoms with van der Waals surface area (Å²) in [4.78, 5) is 0. The normalized spacial score (nSPS) is 25.1. The highest BCUT2D eigenvalue weighted by molar-refractivity contribution is 5.67. The van der Waals surface area contributed by atoms with Crippen molar-refractivity contribution < 1.29 is 4.74 Å². The van der Waals surface area contributed by atoms with E-state index in [1.165, 1.54) is 5.56 Å². The number of fused-ring (bicyclic) bond motifs is 1. The monoisotopic (exact) mass is 264 g/mol. The van der Waals surface area contributed by atoms with Crippen molar-refractivity contribution in [2.24, 2.45) is 0 Å². The smallest absolute Gasteiger partial charge is 0.185 e. The van der Waals surface area contributed by atoms with Crippen molar-refractivity contribution in [3.05, 3.63) is 77.9 Å². The number of ether oxygens (including phenoxy) is 1. The van der Waals surface area contributed by atoms with E-state index < -0.39 is 5.72 Å². The summed E-state index contributed by atoms with van der Waals surface area (Å²) in [5, 5.41) is 2.17. The molecule has 20 heavy (non-hydrogen) atoms. The summed E-state index contributed by atoms with van der Waals surface area (Å²) < 4.78 is 6.09. The lowest BCUT2D eigenvalue weighted by atomic mass is 10.0. The predicted octanol–water partition coefficient (Wildman–Crippen LogP) is 2.73. The van der Waals surface area contributed by atoms with Gasteiger partial charge in [-0.15, -0.1) is 0 Å². The summed E-state index contributed by atoms with van der Waals surface area (Å²) >= 11 is 0. The van der Waals surface area contributed by atoms with Crippen LogP contribution in [0.5, 0.6) is 0 Å². The molecule has 4 rings (SSSR count). The number of hydrogen-bond acceptors (Lipinski definition) is 3. The summed E-state index contributed by atoms with van der Waals surface area (Å²) in [5.41, 5.74) is 6.46. The molecule has 1 atom stereocenters. The van der Waals surface area contributed by atoms with Gasteiger partial charge in [0, 0.05) is 12.1 Å². The van der Waals surface area contributed by atoms with E-state index in [0.29, 0.717) is 0 Å². The molecule has 0 spiro atoms. The first kappa shape index (κ1) is 11.7. The van der Waals surface area contributed by atoms with Crippen LogP contribution in [0.3, 0.4) is 0 Å². The van der Waals surface area contributed by atoms with E-state index in [4.69, 9.17) is 4.74 Å². The van der Waals surface area contributed by atoms with Crippen LogP contribution in [-0.4, -0.2) is 18.2 Å². The molecule has 0 bridgehead atoms. The Morgan fingerprint density at radius 3 is 2.40 bits per heavy atom. The average molecular weight is 264 g/mol. The van der Waals surface area contributed by atoms with Crippen molar-refractivity contribution in [1.29, 1.82) is 0 Å². The van der Waals surface area contributed by atoms with Crippen molar-refractivity contribution in [3.63, 3.8) is 0 Å². The van der Waals surface area contributed by atoms with E-state index in [1.54, 1.807) is 0 Å². The lowest BCUT2D eigenvalue weighted by Crippen LogP contribution is -2.42. The molecule has 100 valence electrons. The number of benzene rings is 2. The van der Waals surface area contributed by atoms with Crippen molar-refractivity contribution in [1.82, 2.24) is 10.4 Å². The molecule has 0 unspecified atom stereocenters. The van der Waals surface area contributed by atoms with Crippen LogP contribution >= 0.6 is 0 Å². The van der Waals surface area contributed by atoms with Crippen molar-refractivity contribution in [2.75, 3.05) is 13.2 Å². The van der Waals surface area contributed by atoms with Crippen molar-refractivity contribution in [2.45, 2.75) is 5.72 Å². The van der Waals surface area contributed by atoms with E-state index in [2.05, 4.69) is 65.0 Å². The summed E-state index contributed by atoms with van der Waals surface area (Å²) in [6, 6.07) is 20.7. The van der Waals surface area contributed by atoms with Gasteiger partial charge in [0.2, 0.25) is 0 Å². The van der Waals surface area contributed by atoms with Crippen LogP contribution in [0.15, 0.2) is 66.7 Å². The second kappa shape index (κ2) is 4.47. The van der Waals surface area contributed by atoms with Gasteiger partial charge in [0.05, 0.1) is 12.3 Å². The van der Waals surface area contributed by atoms with Crippen LogP contribution in [0, 0.1) is 0 Å². The van der Waals surface area contributed by atoms with Gasteiger partial charge in [-0.25, -0.2) is 0 Å². The molecule has 0 saturated carbocycles. The number of rotatable bonds is 2. The molecule has 0 amide bonds. The van der Waals surface area contributed by atoms with Crippen LogP contribution in [0.4, 0.5) is 0 Å². The molecular weight excluding hydrogens is 248 g/mol. The molecule has 1 saturated heterocycles. The predicted molar refractivity (Wildman–Crippen MR) is 78.3 cm³/mol. The van der Waals surface area contributed by atoms with Gasteiger partial charge in [-0.1, -0.05) is 60.7 Å². The van der Waals surface area contributed by atoms with Gasteiger partial charge < -0.3 is 10.2 Å². The summed E-state index contributed by atoms with van der Waals surface area (Å²) in [5.74, 6) is 0. The van der Waals surface area contributed by atoms with E-state index in [0.717, 1.165) is 24.4 Å². The van der Waals surface area contributed by atoms with Gasteiger partial charge in [0.1, 0.15) is 0 Å². The highest BCUT2D eigenvalue weighted by atomic mass is 16.5. The number of nitrogens with zero attached hydrogens (tertiary/aromatic N) is 1. The molecule has 2 aliphatic rings. The lowest BCUT2D eigenvalue weighted by molar-refractivity contribution is -0.0479. The zero-order valence-corrected chi connectivity index (χ0v) is 11.1. The fraction of sp³-hybridized carbons (Fsp3) is 0.176. The molecule has 1 fully saturated rings. The van der Waals surface area contributed by atoms with E-state index in [1.807, 2.05) is 12.1 Å². The number of hydrogen-bond donors (Lipinski definition) is 1. The largest absolute Gasteiger partial charge is 0.349 e. The number of hydrazine groups is 1. The highest BCUT2D eigenvalue weighted by Crippen LogP contribution is 2.41. The molecule has 2 aliphatic heterocycles. The minimum atomic E-state index is -0.466. The second-order valence-electron chi connectivity index (χ2n) is 5.10. The van der Waals surface area contributed by atoms with Crippen molar-refractivity contribution in [3.8, 4) is 0 Å². The van der Waals surface area contributed by atoms with Gasteiger partial charge in [-0.2, -0.15) is 5.01 Å².